The number of hydrogen-bond acceptors (Lipinski definition) is 2. The molecule has 0 fully saturated rings. The summed E-state index contributed by atoms with van der Waals surface area (Å²) in [6, 6.07) is 8.47. The lowest BCUT2D eigenvalue weighted by Gasteiger charge is -2.26. The van der Waals surface area contributed by atoms with Crippen LogP contribution in [0.4, 0.5) is 0 Å². The lowest BCUT2D eigenvalue weighted by Crippen LogP contribution is -2.41. The Morgan fingerprint density at radius 2 is 1.90 bits per heavy atom. The predicted octanol–water partition coefficient (Wildman–Crippen LogP) is 3.59. The van der Waals surface area contributed by atoms with Crippen LogP contribution in [0.15, 0.2) is 24.3 Å². The van der Waals surface area contributed by atoms with Gasteiger partial charge in [-0.1, -0.05) is 57.0 Å². The van der Waals surface area contributed by atoms with Crippen LogP contribution in [0.1, 0.15) is 51.7 Å². The van der Waals surface area contributed by atoms with Gasteiger partial charge in [0.1, 0.15) is 6.10 Å². The summed E-state index contributed by atoms with van der Waals surface area (Å²) in [6.07, 6.45) is 1.69. The Hall–Kier alpha value is -1.35. The molecule has 1 rings (SSSR count). The lowest BCUT2D eigenvalue weighted by molar-refractivity contribution is -0.132. The van der Waals surface area contributed by atoms with Crippen molar-refractivity contribution in [1.29, 1.82) is 0 Å². The molecule has 3 nitrogen and oxygen atoms in total. The van der Waals surface area contributed by atoms with Crippen molar-refractivity contribution in [3.8, 4) is 0 Å². The van der Waals surface area contributed by atoms with Gasteiger partial charge in [-0.05, 0) is 25.8 Å². The standard InChI is InChI=1S/C18H29NO2/c1-6-7-12-21-15(3)17(20)19-13-18(4,5)16-10-8-14(2)9-11-16/h8-11,15H,6-7,12-13H2,1-5H3,(H,19,20). The summed E-state index contributed by atoms with van der Waals surface area (Å²) in [5.74, 6) is -0.0358. The van der Waals surface area contributed by atoms with Gasteiger partial charge in [0.15, 0.2) is 0 Å². The monoisotopic (exact) mass is 291 g/mol. The molecule has 0 saturated carbocycles. The van der Waals surface area contributed by atoms with Crippen molar-refractivity contribution >= 4 is 5.91 Å². The SMILES string of the molecule is CCCCOC(C)C(=O)NCC(C)(C)c1ccc(C)cc1. The first-order chi connectivity index (χ1) is 9.86. The molecule has 1 aromatic rings. The van der Waals surface area contributed by atoms with Crippen LogP contribution in [0, 0.1) is 6.92 Å². The van der Waals surface area contributed by atoms with Gasteiger partial charge in [0, 0.05) is 18.6 Å². The fourth-order valence-corrected chi connectivity index (χ4v) is 2.04. The van der Waals surface area contributed by atoms with Crippen molar-refractivity contribution in [3.05, 3.63) is 35.4 Å². The number of nitrogens with one attached hydrogen (secondary N) is 1. The van der Waals surface area contributed by atoms with E-state index in [2.05, 4.69) is 57.3 Å². The van der Waals surface area contributed by atoms with E-state index in [1.807, 2.05) is 6.92 Å². The maximum atomic E-state index is 12.0. The van der Waals surface area contributed by atoms with Crippen molar-refractivity contribution in [2.45, 2.75) is 59.0 Å². The third-order valence-electron chi connectivity index (χ3n) is 3.77. The molecular formula is C18H29NO2. The largest absolute Gasteiger partial charge is 0.369 e. The van der Waals surface area contributed by atoms with Crippen LogP contribution in [-0.2, 0) is 14.9 Å². The summed E-state index contributed by atoms with van der Waals surface area (Å²) in [6.45, 7) is 11.5. The number of unbranched alkanes of at least 4 members (excludes halogenated alkanes) is 1. The van der Waals surface area contributed by atoms with E-state index in [-0.39, 0.29) is 17.4 Å². The van der Waals surface area contributed by atoms with E-state index >= 15 is 0 Å². The molecule has 1 N–H and O–H groups in total. The van der Waals surface area contributed by atoms with Crippen LogP contribution in [0.25, 0.3) is 0 Å². The smallest absolute Gasteiger partial charge is 0.248 e. The first-order valence-corrected chi connectivity index (χ1v) is 7.83. The number of rotatable bonds is 8. The van der Waals surface area contributed by atoms with E-state index in [0.717, 1.165) is 12.8 Å². The normalized spacial score (nSPS) is 13.0. The van der Waals surface area contributed by atoms with E-state index < -0.39 is 0 Å². The zero-order valence-electron chi connectivity index (χ0n) is 14.0. The predicted molar refractivity (Wildman–Crippen MR) is 87.5 cm³/mol. The fourth-order valence-electron chi connectivity index (χ4n) is 2.04. The highest BCUT2D eigenvalue weighted by atomic mass is 16.5. The molecule has 1 unspecified atom stereocenters. The first kappa shape index (κ1) is 17.7. The second kappa shape index (κ2) is 8.18. The number of hydrogen-bond donors (Lipinski definition) is 1. The van der Waals surface area contributed by atoms with Crippen molar-refractivity contribution in [1.82, 2.24) is 5.32 Å². The second-order valence-electron chi connectivity index (χ2n) is 6.33. The van der Waals surface area contributed by atoms with Gasteiger partial charge in [-0.25, -0.2) is 0 Å². The molecule has 0 aliphatic carbocycles. The summed E-state index contributed by atoms with van der Waals surface area (Å²) >= 11 is 0. The van der Waals surface area contributed by atoms with Crippen LogP contribution in [0.3, 0.4) is 0 Å². The van der Waals surface area contributed by atoms with Gasteiger partial charge >= 0.3 is 0 Å². The third-order valence-corrected chi connectivity index (χ3v) is 3.77. The average Bonchev–Trinajstić information content (AvgIpc) is 2.45. The van der Waals surface area contributed by atoms with Crippen LogP contribution >= 0.6 is 0 Å². The Balaban J connectivity index is 2.48. The van der Waals surface area contributed by atoms with Crippen molar-refractivity contribution < 1.29 is 9.53 Å². The zero-order chi connectivity index (χ0) is 15.9. The summed E-state index contributed by atoms with van der Waals surface area (Å²) in [7, 11) is 0. The molecule has 21 heavy (non-hydrogen) atoms. The average molecular weight is 291 g/mol. The molecule has 0 bridgehead atoms. The quantitative estimate of drug-likeness (QED) is 0.743. The summed E-state index contributed by atoms with van der Waals surface area (Å²) in [4.78, 5) is 12.0. The van der Waals surface area contributed by atoms with Gasteiger partial charge in [0.25, 0.3) is 0 Å². The molecule has 1 atom stereocenters. The first-order valence-electron chi connectivity index (χ1n) is 7.83. The van der Waals surface area contributed by atoms with Gasteiger partial charge < -0.3 is 10.1 Å². The molecule has 0 aliphatic rings. The summed E-state index contributed by atoms with van der Waals surface area (Å²) < 4.78 is 5.52. The number of amides is 1. The van der Waals surface area contributed by atoms with E-state index in [4.69, 9.17) is 4.74 Å². The minimum atomic E-state index is -0.384. The van der Waals surface area contributed by atoms with E-state index in [1.165, 1.54) is 11.1 Å². The summed E-state index contributed by atoms with van der Waals surface area (Å²) in [5.41, 5.74) is 2.39. The Morgan fingerprint density at radius 1 is 1.29 bits per heavy atom. The maximum absolute atomic E-state index is 12.0. The Labute approximate surface area is 129 Å². The topological polar surface area (TPSA) is 38.3 Å². The highest BCUT2D eigenvalue weighted by Gasteiger charge is 2.22. The Bertz CT molecular complexity index is 437. The molecule has 0 spiro atoms. The lowest BCUT2D eigenvalue weighted by atomic mass is 9.84. The molecule has 0 radical (unpaired) electrons. The van der Waals surface area contributed by atoms with E-state index in [0.29, 0.717) is 13.2 Å². The molecule has 1 amide bonds. The molecule has 0 saturated heterocycles. The maximum Gasteiger partial charge on any atom is 0.248 e. The highest BCUT2D eigenvalue weighted by Crippen LogP contribution is 2.22. The van der Waals surface area contributed by atoms with Crippen LogP contribution in [0.5, 0.6) is 0 Å². The number of carbonyl (C=O) groups is 1. The molecule has 3 heteroatoms. The van der Waals surface area contributed by atoms with Crippen LogP contribution in [-0.4, -0.2) is 25.2 Å². The molecular weight excluding hydrogens is 262 g/mol. The number of benzene rings is 1. The Morgan fingerprint density at radius 3 is 2.48 bits per heavy atom. The molecule has 1 aromatic carbocycles. The minimum Gasteiger partial charge on any atom is -0.369 e. The van der Waals surface area contributed by atoms with Gasteiger partial charge in [-0.2, -0.15) is 0 Å². The van der Waals surface area contributed by atoms with Gasteiger partial charge in [-0.3, -0.25) is 4.79 Å². The second-order valence-corrected chi connectivity index (χ2v) is 6.33. The van der Waals surface area contributed by atoms with E-state index in [1.54, 1.807) is 0 Å². The minimum absolute atomic E-state index is 0.0358. The highest BCUT2D eigenvalue weighted by molar-refractivity contribution is 5.80. The van der Waals surface area contributed by atoms with Crippen LogP contribution in [0.2, 0.25) is 0 Å². The molecule has 0 aliphatic heterocycles. The van der Waals surface area contributed by atoms with Gasteiger partial charge in [-0.15, -0.1) is 0 Å². The van der Waals surface area contributed by atoms with Crippen molar-refractivity contribution in [2.75, 3.05) is 13.2 Å². The van der Waals surface area contributed by atoms with Gasteiger partial charge in [0.05, 0.1) is 0 Å². The van der Waals surface area contributed by atoms with Crippen LogP contribution < -0.4 is 5.32 Å². The molecule has 0 heterocycles. The van der Waals surface area contributed by atoms with Gasteiger partial charge in [0.2, 0.25) is 5.91 Å². The fraction of sp³-hybridized carbons (Fsp3) is 0.611. The Kier molecular flexibility index (Phi) is 6.90. The van der Waals surface area contributed by atoms with Crippen molar-refractivity contribution in [2.24, 2.45) is 0 Å². The zero-order valence-corrected chi connectivity index (χ0v) is 14.0. The van der Waals surface area contributed by atoms with Crippen molar-refractivity contribution in [3.63, 3.8) is 0 Å². The molecule has 0 aromatic heterocycles. The number of ether oxygens (including phenoxy) is 1. The molecule has 118 valence electrons. The van der Waals surface area contributed by atoms with E-state index in [9.17, 15) is 4.79 Å². The third kappa shape index (κ3) is 5.88. The summed E-state index contributed by atoms with van der Waals surface area (Å²) in [5, 5.41) is 3.00. The number of aryl methyl sites for hydroxylation is 1. The number of carbonyl (C=O) groups excluding carboxylic acids is 1.